The van der Waals surface area contributed by atoms with E-state index in [-0.39, 0.29) is 5.91 Å². The molecule has 27 heavy (non-hydrogen) atoms. The fraction of sp³-hybridized carbons (Fsp3) is 0.611. The van der Waals surface area contributed by atoms with Crippen LogP contribution >= 0.6 is 11.5 Å². The van der Waals surface area contributed by atoms with Crippen molar-refractivity contribution in [2.24, 2.45) is 0 Å². The molecule has 9 heteroatoms. The van der Waals surface area contributed by atoms with E-state index < -0.39 is 0 Å². The minimum Gasteiger partial charge on any atom is -0.352 e. The van der Waals surface area contributed by atoms with Gasteiger partial charge in [0.15, 0.2) is 11.6 Å². The Hall–Kier alpha value is -2.29. The van der Waals surface area contributed by atoms with Gasteiger partial charge in [-0.3, -0.25) is 4.79 Å². The van der Waals surface area contributed by atoms with Gasteiger partial charge in [-0.05, 0) is 56.8 Å². The third-order valence-electron chi connectivity index (χ3n) is 5.47. The van der Waals surface area contributed by atoms with Gasteiger partial charge in [0.25, 0.3) is 5.91 Å². The molecule has 2 aromatic heterocycles. The molecule has 0 radical (unpaired) electrons. The van der Waals surface area contributed by atoms with Crippen LogP contribution in [0, 0.1) is 6.92 Å². The summed E-state index contributed by atoms with van der Waals surface area (Å²) in [5.74, 6) is 1.88. The average Bonchev–Trinajstić information content (AvgIpc) is 3.14. The molecule has 0 saturated carbocycles. The molecule has 0 spiro atoms. The molecule has 8 nitrogen and oxygen atoms in total. The zero-order valence-corrected chi connectivity index (χ0v) is 16.7. The highest BCUT2D eigenvalue weighted by Gasteiger charge is 2.26. The second-order valence-electron chi connectivity index (χ2n) is 7.25. The lowest BCUT2D eigenvalue weighted by molar-refractivity contribution is 0.0750. The van der Waals surface area contributed by atoms with E-state index in [1.165, 1.54) is 30.8 Å². The monoisotopic (exact) mass is 387 g/mol. The van der Waals surface area contributed by atoms with Gasteiger partial charge >= 0.3 is 0 Å². The molecule has 1 atom stereocenters. The Balaban J connectivity index is 1.37. The lowest BCUT2D eigenvalue weighted by Gasteiger charge is -2.36. The summed E-state index contributed by atoms with van der Waals surface area (Å²) in [6, 6.07) is 4.66. The second kappa shape index (κ2) is 7.75. The predicted octanol–water partition coefficient (Wildman–Crippen LogP) is 1.98. The maximum Gasteiger partial charge on any atom is 0.267 e. The molecular weight excluding hydrogens is 362 g/mol. The predicted molar refractivity (Wildman–Crippen MR) is 105 cm³/mol. The number of hydrogen-bond acceptors (Lipinski definition) is 8. The number of carbonyl (C=O) groups excluding carboxylic acids is 1. The molecule has 1 amide bonds. The summed E-state index contributed by atoms with van der Waals surface area (Å²) in [4.78, 5) is 19.6. The van der Waals surface area contributed by atoms with Crippen molar-refractivity contribution < 1.29 is 4.79 Å². The molecule has 0 unspecified atom stereocenters. The number of aryl methyl sites for hydroxylation is 1. The number of rotatable bonds is 3. The Morgan fingerprint density at radius 3 is 2.41 bits per heavy atom. The maximum atomic E-state index is 12.6. The van der Waals surface area contributed by atoms with Crippen molar-refractivity contribution in [2.75, 3.05) is 42.5 Å². The van der Waals surface area contributed by atoms with Gasteiger partial charge in [-0.25, -0.2) is 0 Å². The van der Waals surface area contributed by atoms with Crippen molar-refractivity contribution in [2.45, 2.75) is 39.2 Å². The summed E-state index contributed by atoms with van der Waals surface area (Å²) in [6.07, 6.45) is 3.73. The van der Waals surface area contributed by atoms with Crippen molar-refractivity contribution in [3.05, 3.63) is 22.7 Å². The molecule has 4 heterocycles. The summed E-state index contributed by atoms with van der Waals surface area (Å²) in [5.41, 5.74) is 0.709. The molecule has 2 fully saturated rings. The molecule has 4 rings (SSSR count). The smallest absolute Gasteiger partial charge is 0.267 e. The van der Waals surface area contributed by atoms with Crippen molar-refractivity contribution in [1.82, 2.24) is 24.7 Å². The normalized spacial score (nSPS) is 20.8. The van der Waals surface area contributed by atoms with E-state index >= 15 is 0 Å². The van der Waals surface area contributed by atoms with Crippen LogP contribution in [0.1, 0.15) is 41.6 Å². The summed E-state index contributed by atoms with van der Waals surface area (Å²) in [6.45, 7) is 7.99. The van der Waals surface area contributed by atoms with Gasteiger partial charge in [0.2, 0.25) is 0 Å². The number of carbonyl (C=O) groups is 1. The molecule has 2 saturated heterocycles. The second-order valence-corrected chi connectivity index (χ2v) is 8.01. The zero-order valence-electron chi connectivity index (χ0n) is 15.8. The number of hydrogen-bond donors (Lipinski definition) is 0. The fourth-order valence-corrected chi connectivity index (χ4v) is 4.41. The Bertz CT molecular complexity index is 785. The number of piperazine rings is 1. The zero-order chi connectivity index (χ0) is 18.8. The molecule has 144 valence electrons. The fourth-order valence-electron chi connectivity index (χ4n) is 3.79. The number of anilines is 2. The van der Waals surface area contributed by atoms with E-state index in [1.54, 1.807) is 0 Å². The van der Waals surface area contributed by atoms with Crippen LogP contribution in [-0.2, 0) is 0 Å². The minimum atomic E-state index is 0.0302. The maximum absolute atomic E-state index is 12.6. The Labute approximate surface area is 163 Å². The van der Waals surface area contributed by atoms with Crippen LogP contribution in [0.25, 0.3) is 0 Å². The molecule has 2 aromatic rings. The van der Waals surface area contributed by atoms with Crippen LogP contribution < -0.4 is 9.80 Å². The van der Waals surface area contributed by atoms with Crippen molar-refractivity contribution >= 4 is 29.1 Å². The first-order valence-electron chi connectivity index (χ1n) is 9.57. The first kappa shape index (κ1) is 18.1. The lowest BCUT2D eigenvalue weighted by atomic mass is 10.0. The summed E-state index contributed by atoms with van der Waals surface area (Å²) in [5, 5.41) is 12.9. The largest absolute Gasteiger partial charge is 0.352 e. The van der Waals surface area contributed by atoms with Crippen LogP contribution in [0.3, 0.4) is 0 Å². The van der Waals surface area contributed by atoms with Crippen LogP contribution in [0.15, 0.2) is 12.1 Å². The average molecular weight is 388 g/mol. The molecule has 0 aromatic carbocycles. The third-order valence-corrected chi connectivity index (χ3v) is 6.29. The molecule has 0 N–H and O–H groups in total. The molecule has 2 aliphatic rings. The van der Waals surface area contributed by atoms with Crippen LogP contribution in [0.2, 0.25) is 0 Å². The van der Waals surface area contributed by atoms with Gasteiger partial charge in [-0.2, -0.15) is 0 Å². The van der Waals surface area contributed by atoms with Crippen LogP contribution in [0.4, 0.5) is 11.6 Å². The standard InChI is InChI=1S/C18H25N7OS/c1-13-5-3-4-8-25(13)16-7-6-15(20-21-16)23-9-11-24(12-10-23)18(26)17-14(2)19-22-27-17/h6-7,13H,3-5,8-12H2,1-2H3/t13-/m1/s1. The summed E-state index contributed by atoms with van der Waals surface area (Å²) < 4.78 is 3.86. The van der Waals surface area contributed by atoms with Gasteiger partial charge in [-0.15, -0.1) is 15.3 Å². The first-order chi connectivity index (χ1) is 13.1. The summed E-state index contributed by atoms with van der Waals surface area (Å²) in [7, 11) is 0. The van der Waals surface area contributed by atoms with Crippen molar-refractivity contribution in [3.8, 4) is 0 Å². The van der Waals surface area contributed by atoms with Gasteiger partial charge in [0.05, 0.1) is 5.69 Å². The van der Waals surface area contributed by atoms with E-state index in [2.05, 4.69) is 48.6 Å². The van der Waals surface area contributed by atoms with Gasteiger partial charge in [0.1, 0.15) is 4.88 Å². The minimum absolute atomic E-state index is 0.0302. The first-order valence-corrected chi connectivity index (χ1v) is 10.3. The SMILES string of the molecule is Cc1nnsc1C(=O)N1CCN(c2ccc(N3CCCC[C@H]3C)nn2)CC1. The van der Waals surface area contributed by atoms with Crippen LogP contribution in [-0.4, -0.2) is 69.4 Å². The molecular formula is C18H25N7OS. The Morgan fingerprint density at radius 2 is 1.78 bits per heavy atom. The highest BCUT2D eigenvalue weighted by atomic mass is 32.1. The molecule has 2 aliphatic heterocycles. The van der Waals surface area contributed by atoms with Crippen molar-refractivity contribution in [1.29, 1.82) is 0 Å². The molecule has 0 bridgehead atoms. The number of nitrogens with zero attached hydrogens (tertiary/aromatic N) is 7. The number of piperidine rings is 1. The van der Waals surface area contributed by atoms with E-state index in [4.69, 9.17) is 0 Å². The quantitative estimate of drug-likeness (QED) is 0.797. The van der Waals surface area contributed by atoms with Gasteiger partial charge in [-0.1, -0.05) is 4.49 Å². The summed E-state index contributed by atoms with van der Waals surface area (Å²) >= 11 is 1.17. The number of amides is 1. The Morgan fingerprint density at radius 1 is 1.04 bits per heavy atom. The van der Waals surface area contributed by atoms with Gasteiger partial charge in [0, 0.05) is 38.8 Å². The topological polar surface area (TPSA) is 78.4 Å². The highest BCUT2D eigenvalue weighted by molar-refractivity contribution is 7.07. The molecule has 0 aliphatic carbocycles. The Kier molecular flexibility index (Phi) is 5.20. The van der Waals surface area contributed by atoms with Gasteiger partial charge < -0.3 is 14.7 Å². The lowest BCUT2D eigenvalue weighted by Crippen LogP contribution is -2.49. The van der Waals surface area contributed by atoms with Crippen molar-refractivity contribution in [3.63, 3.8) is 0 Å². The van der Waals surface area contributed by atoms with Crippen LogP contribution in [0.5, 0.6) is 0 Å². The van der Waals surface area contributed by atoms with E-state index in [9.17, 15) is 4.79 Å². The number of aromatic nitrogens is 4. The van der Waals surface area contributed by atoms with E-state index in [0.717, 1.165) is 31.3 Å². The third kappa shape index (κ3) is 3.73. The highest BCUT2D eigenvalue weighted by Crippen LogP contribution is 2.24. The van der Waals surface area contributed by atoms with E-state index in [1.807, 2.05) is 11.8 Å². The van der Waals surface area contributed by atoms with E-state index in [0.29, 0.717) is 29.7 Å².